The normalized spacial score (nSPS) is 31.0. The van der Waals surface area contributed by atoms with E-state index < -0.39 is 6.10 Å². The zero-order chi connectivity index (χ0) is 11.6. The number of aliphatic hydroxyl groups is 1. The van der Waals surface area contributed by atoms with Gasteiger partial charge in [-0.25, -0.2) is 0 Å². The standard InChI is InChI=1S/C13H21NO/c1-5-7-10-9(6-2)12(14)11(15)8-13(10,3)4/h5-7,11-12,15H,2,8,14H2,1,3-4H3/b7-5-/t11?,12-/m1/s1. The Hall–Kier alpha value is -0.860. The molecule has 3 N–H and O–H groups in total. The van der Waals surface area contributed by atoms with Crippen molar-refractivity contribution in [2.75, 3.05) is 0 Å². The van der Waals surface area contributed by atoms with Crippen LogP contribution in [0.25, 0.3) is 0 Å². The Morgan fingerprint density at radius 1 is 1.53 bits per heavy atom. The lowest BCUT2D eigenvalue weighted by Gasteiger charge is -2.39. The van der Waals surface area contributed by atoms with Gasteiger partial charge in [-0.3, -0.25) is 0 Å². The van der Waals surface area contributed by atoms with Crippen LogP contribution in [0.4, 0.5) is 0 Å². The van der Waals surface area contributed by atoms with Crippen LogP contribution in [0, 0.1) is 5.41 Å². The molecule has 0 aromatic rings. The first-order valence-electron chi connectivity index (χ1n) is 5.37. The summed E-state index contributed by atoms with van der Waals surface area (Å²) >= 11 is 0. The molecule has 0 fully saturated rings. The fourth-order valence-corrected chi connectivity index (χ4v) is 2.27. The number of hydrogen-bond acceptors (Lipinski definition) is 2. The van der Waals surface area contributed by atoms with Crippen LogP contribution >= 0.6 is 0 Å². The highest BCUT2D eigenvalue weighted by Gasteiger charge is 2.36. The van der Waals surface area contributed by atoms with E-state index in [1.165, 1.54) is 5.57 Å². The smallest absolute Gasteiger partial charge is 0.0741 e. The monoisotopic (exact) mass is 207 g/mol. The molecule has 0 saturated heterocycles. The van der Waals surface area contributed by atoms with Crippen molar-refractivity contribution in [1.82, 2.24) is 0 Å². The molecule has 0 amide bonds. The lowest BCUT2D eigenvalue weighted by atomic mass is 9.69. The minimum absolute atomic E-state index is 0.0364. The van der Waals surface area contributed by atoms with Gasteiger partial charge in [0.1, 0.15) is 0 Å². The summed E-state index contributed by atoms with van der Waals surface area (Å²) in [5.74, 6) is 0. The molecule has 0 radical (unpaired) electrons. The fraction of sp³-hybridized carbons (Fsp3) is 0.538. The molecule has 0 heterocycles. The molecule has 15 heavy (non-hydrogen) atoms. The van der Waals surface area contributed by atoms with Gasteiger partial charge in [0.2, 0.25) is 0 Å². The Morgan fingerprint density at radius 2 is 2.13 bits per heavy atom. The van der Waals surface area contributed by atoms with Gasteiger partial charge in [-0.05, 0) is 29.9 Å². The van der Waals surface area contributed by atoms with Gasteiger partial charge in [0.25, 0.3) is 0 Å². The zero-order valence-corrected chi connectivity index (χ0v) is 9.83. The average molecular weight is 207 g/mol. The molecule has 2 heteroatoms. The SMILES string of the molecule is C=CC1=C(/C=C\C)C(C)(C)CC(O)[C@@H]1N. The highest BCUT2D eigenvalue weighted by atomic mass is 16.3. The summed E-state index contributed by atoms with van der Waals surface area (Å²) in [6, 6.07) is -0.304. The first-order valence-corrected chi connectivity index (χ1v) is 5.37. The third-order valence-electron chi connectivity index (χ3n) is 3.09. The van der Waals surface area contributed by atoms with Crippen molar-refractivity contribution < 1.29 is 5.11 Å². The van der Waals surface area contributed by atoms with Crippen LogP contribution in [-0.2, 0) is 0 Å². The van der Waals surface area contributed by atoms with Crippen LogP contribution < -0.4 is 5.73 Å². The predicted octanol–water partition coefficient (Wildman–Crippen LogP) is 2.16. The van der Waals surface area contributed by atoms with E-state index in [1.54, 1.807) is 6.08 Å². The molecule has 84 valence electrons. The molecule has 0 aromatic carbocycles. The molecule has 0 aromatic heterocycles. The summed E-state index contributed by atoms with van der Waals surface area (Å²) in [6.07, 6.45) is 6.07. The first-order chi connectivity index (χ1) is 6.94. The van der Waals surface area contributed by atoms with Gasteiger partial charge in [-0.1, -0.05) is 38.7 Å². The summed E-state index contributed by atoms with van der Waals surface area (Å²) in [5, 5.41) is 9.87. The molecule has 2 nitrogen and oxygen atoms in total. The highest BCUT2D eigenvalue weighted by Crippen LogP contribution is 2.40. The number of aliphatic hydroxyl groups excluding tert-OH is 1. The lowest BCUT2D eigenvalue weighted by Crippen LogP contribution is -2.44. The van der Waals surface area contributed by atoms with Gasteiger partial charge in [0.15, 0.2) is 0 Å². The van der Waals surface area contributed by atoms with E-state index in [9.17, 15) is 5.11 Å². The van der Waals surface area contributed by atoms with Crippen LogP contribution in [0.15, 0.2) is 36.0 Å². The minimum Gasteiger partial charge on any atom is -0.391 e. The van der Waals surface area contributed by atoms with E-state index in [-0.39, 0.29) is 11.5 Å². The second-order valence-corrected chi connectivity index (χ2v) is 4.75. The summed E-state index contributed by atoms with van der Waals surface area (Å²) in [6.45, 7) is 10.0. The van der Waals surface area contributed by atoms with E-state index >= 15 is 0 Å². The first kappa shape index (κ1) is 12.2. The maximum atomic E-state index is 9.87. The third-order valence-corrected chi connectivity index (χ3v) is 3.09. The van der Waals surface area contributed by atoms with Gasteiger partial charge in [0.05, 0.1) is 12.1 Å². The lowest BCUT2D eigenvalue weighted by molar-refractivity contribution is 0.102. The van der Waals surface area contributed by atoms with E-state index in [0.717, 1.165) is 5.57 Å². The Bertz CT molecular complexity index is 312. The number of hydrogen-bond donors (Lipinski definition) is 2. The fourth-order valence-electron chi connectivity index (χ4n) is 2.27. The summed E-state index contributed by atoms with van der Waals surface area (Å²) in [5.41, 5.74) is 8.09. The predicted molar refractivity (Wildman–Crippen MR) is 64.4 cm³/mol. The molecule has 0 saturated carbocycles. The van der Waals surface area contributed by atoms with Crippen LogP contribution in [-0.4, -0.2) is 17.3 Å². The second-order valence-electron chi connectivity index (χ2n) is 4.75. The Balaban J connectivity index is 3.29. The topological polar surface area (TPSA) is 46.2 Å². The molecule has 0 bridgehead atoms. The van der Waals surface area contributed by atoms with Crippen molar-refractivity contribution in [3.8, 4) is 0 Å². The molecule has 1 rings (SSSR count). The largest absolute Gasteiger partial charge is 0.391 e. The maximum absolute atomic E-state index is 9.87. The quantitative estimate of drug-likeness (QED) is 0.729. The number of rotatable bonds is 2. The average Bonchev–Trinajstić information content (AvgIpc) is 2.14. The van der Waals surface area contributed by atoms with Crippen LogP contribution in [0.5, 0.6) is 0 Å². The van der Waals surface area contributed by atoms with Crippen molar-refractivity contribution in [1.29, 1.82) is 0 Å². The van der Waals surface area contributed by atoms with Crippen molar-refractivity contribution in [3.05, 3.63) is 36.0 Å². The van der Waals surface area contributed by atoms with Crippen molar-refractivity contribution in [2.45, 2.75) is 39.3 Å². The van der Waals surface area contributed by atoms with E-state index in [2.05, 4.69) is 26.5 Å². The molecule has 0 aliphatic heterocycles. The van der Waals surface area contributed by atoms with Crippen LogP contribution in [0.2, 0.25) is 0 Å². The Labute approximate surface area is 92.2 Å². The van der Waals surface area contributed by atoms with Gasteiger partial charge in [-0.15, -0.1) is 0 Å². The van der Waals surface area contributed by atoms with Gasteiger partial charge >= 0.3 is 0 Å². The summed E-state index contributed by atoms with van der Waals surface area (Å²) < 4.78 is 0. The van der Waals surface area contributed by atoms with E-state index in [4.69, 9.17) is 5.73 Å². The molecule has 0 spiro atoms. The molecular formula is C13H21NO. The van der Waals surface area contributed by atoms with Crippen LogP contribution in [0.3, 0.4) is 0 Å². The van der Waals surface area contributed by atoms with Crippen molar-refractivity contribution in [3.63, 3.8) is 0 Å². The third kappa shape index (κ3) is 2.21. The Morgan fingerprint density at radius 3 is 2.60 bits per heavy atom. The molecular weight excluding hydrogens is 186 g/mol. The van der Waals surface area contributed by atoms with E-state index in [1.807, 2.05) is 13.0 Å². The van der Waals surface area contributed by atoms with E-state index in [0.29, 0.717) is 6.42 Å². The molecule has 1 aliphatic carbocycles. The summed E-state index contributed by atoms with van der Waals surface area (Å²) in [7, 11) is 0. The molecule has 1 aliphatic rings. The van der Waals surface area contributed by atoms with Gasteiger partial charge in [0, 0.05) is 0 Å². The van der Waals surface area contributed by atoms with Crippen LogP contribution in [0.1, 0.15) is 27.2 Å². The molecule has 1 unspecified atom stereocenters. The zero-order valence-electron chi connectivity index (χ0n) is 9.83. The minimum atomic E-state index is -0.470. The van der Waals surface area contributed by atoms with Crippen molar-refractivity contribution in [2.24, 2.45) is 11.1 Å². The van der Waals surface area contributed by atoms with Gasteiger partial charge in [-0.2, -0.15) is 0 Å². The number of allylic oxidation sites excluding steroid dienone is 3. The Kier molecular flexibility index (Phi) is 3.53. The maximum Gasteiger partial charge on any atom is 0.0741 e. The van der Waals surface area contributed by atoms with Gasteiger partial charge < -0.3 is 10.8 Å². The second kappa shape index (κ2) is 4.33. The number of nitrogens with two attached hydrogens (primary N) is 1. The summed E-state index contributed by atoms with van der Waals surface area (Å²) in [4.78, 5) is 0. The highest BCUT2D eigenvalue weighted by molar-refractivity contribution is 5.42. The van der Waals surface area contributed by atoms with Crippen molar-refractivity contribution >= 4 is 0 Å². The molecule has 2 atom stereocenters.